The summed E-state index contributed by atoms with van der Waals surface area (Å²) in [4.78, 5) is 21.9. The lowest BCUT2D eigenvalue weighted by Gasteiger charge is -2.10. The Morgan fingerprint density at radius 2 is 2.05 bits per heavy atom. The number of para-hydroxylation sites is 1. The SMILES string of the molecule is O=C(O[C@@H]1CCS(=O)(=O)C1)c1ccccc1[N+](=O)[O-]. The van der Waals surface area contributed by atoms with E-state index in [4.69, 9.17) is 4.74 Å². The smallest absolute Gasteiger partial charge is 0.345 e. The van der Waals surface area contributed by atoms with E-state index in [1.54, 1.807) is 0 Å². The first kappa shape index (κ1) is 13.5. The summed E-state index contributed by atoms with van der Waals surface area (Å²) >= 11 is 0. The zero-order chi connectivity index (χ0) is 14.0. The number of nitrogens with zero attached hydrogens (tertiary/aromatic N) is 1. The first-order valence-corrected chi connectivity index (χ1v) is 7.36. The highest BCUT2D eigenvalue weighted by Crippen LogP contribution is 2.21. The minimum absolute atomic E-state index is 0.0260. The quantitative estimate of drug-likeness (QED) is 0.465. The summed E-state index contributed by atoms with van der Waals surface area (Å²) in [5.41, 5.74) is -0.523. The zero-order valence-corrected chi connectivity index (χ0v) is 10.6. The molecule has 0 N–H and O–H groups in total. The Hall–Kier alpha value is -1.96. The fraction of sp³-hybridized carbons (Fsp3) is 0.364. The Kier molecular flexibility index (Phi) is 3.52. The third kappa shape index (κ3) is 3.08. The highest BCUT2D eigenvalue weighted by molar-refractivity contribution is 7.91. The number of rotatable bonds is 3. The molecule has 0 amide bonds. The largest absolute Gasteiger partial charge is 0.457 e. The Morgan fingerprint density at radius 1 is 1.37 bits per heavy atom. The number of sulfone groups is 1. The molecule has 1 aromatic carbocycles. The maximum Gasteiger partial charge on any atom is 0.345 e. The molecule has 1 aliphatic heterocycles. The zero-order valence-electron chi connectivity index (χ0n) is 9.81. The first-order chi connectivity index (χ1) is 8.89. The van der Waals surface area contributed by atoms with Crippen molar-refractivity contribution in [2.24, 2.45) is 0 Å². The van der Waals surface area contributed by atoms with Crippen molar-refractivity contribution in [3.8, 4) is 0 Å². The number of nitro groups is 1. The standard InChI is InChI=1S/C11H11NO6S/c13-11(18-8-5-6-19(16,17)7-8)9-3-1-2-4-10(9)12(14)15/h1-4,8H,5-7H2/t8-/m1/s1. The fourth-order valence-corrected chi connectivity index (χ4v) is 3.46. The highest BCUT2D eigenvalue weighted by atomic mass is 32.2. The number of carbonyl (C=O) groups is 1. The summed E-state index contributed by atoms with van der Waals surface area (Å²) in [6.07, 6.45) is -0.494. The number of hydrogen-bond acceptors (Lipinski definition) is 6. The molecule has 8 heteroatoms. The van der Waals surface area contributed by atoms with Gasteiger partial charge >= 0.3 is 5.97 Å². The Bertz CT molecular complexity index is 624. The van der Waals surface area contributed by atoms with Crippen molar-refractivity contribution < 1.29 is 22.9 Å². The van der Waals surface area contributed by atoms with Crippen LogP contribution in [0.2, 0.25) is 0 Å². The maximum atomic E-state index is 11.8. The van der Waals surface area contributed by atoms with Gasteiger partial charge in [-0.25, -0.2) is 13.2 Å². The molecule has 2 rings (SSSR count). The van der Waals surface area contributed by atoms with E-state index in [0.717, 1.165) is 0 Å². The Balaban J connectivity index is 2.15. The van der Waals surface area contributed by atoms with Crippen LogP contribution in [0.25, 0.3) is 0 Å². The van der Waals surface area contributed by atoms with E-state index in [2.05, 4.69) is 0 Å². The Labute approximate surface area is 109 Å². The number of esters is 1. The molecule has 0 spiro atoms. The summed E-state index contributed by atoms with van der Waals surface area (Å²) in [6, 6.07) is 5.40. The van der Waals surface area contributed by atoms with E-state index in [-0.39, 0.29) is 29.2 Å². The van der Waals surface area contributed by atoms with Crippen molar-refractivity contribution in [2.75, 3.05) is 11.5 Å². The van der Waals surface area contributed by atoms with Crippen molar-refractivity contribution >= 4 is 21.5 Å². The lowest BCUT2D eigenvalue weighted by atomic mass is 10.2. The van der Waals surface area contributed by atoms with Crippen molar-refractivity contribution in [3.05, 3.63) is 39.9 Å². The summed E-state index contributed by atoms with van der Waals surface area (Å²) < 4.78 is 27.5. The number of ether oxygens (including phenoxy) is 1. The maximum absolute atomic E-state index is 11.8. The lowest BCUT2D eigenvalue weighted by Crippen LogP contribution is -2.20. The molecule has 0 unspecified atom stereocenters. The molecule has 102 valence electrons. The van der Waals surface area contributed by atoms with Crippen LogP contribution in [-0.4, -0.2) is 36.9 Å². The molecule has 1 aliphatic rings. The average molecular weight is 285 g/mol. The molecular formula is C11H11NO6S. The molecule has 7 nitrogen and oxygen atoms in total. The van der Waals surface area contributed by atoms with E-state index in [0.29, 0.717) is 0 Å². The van der Waals surface area contributed by atoms with Gasteiger partial charge in [-0.3, -0.25) is 10.1 Å². The van der Waals surface area contributed by atoms with Crippen molar-refractivity contribution in [3.63, 3.8) is 0 Å². The van der Waals surface area contributed by atoms with Crippen molar-refractivity contribution in [1.29, 1.82) is 0 Å². The number of carbonyl (C=O) groups excluding carboxylic acids is 1. The summed E-state index contributed by atoms with van der Waals surface area (Å²) in [7, 11) is -3.16. The van der Waals surface area contributed by atoms with Crippen LogP contribution in [-0.2, 0) is 14.6 Å². The van der Waals surface area contributed by atoms with Crippen LogP contribution >= 0.6 is 0 Å². The third-order valence-electron chi connectivity index (χ3n) is 2.79. The topological polar surface area (TPSA) is 104 Å². The molecule has 0 radical (unpaired) electrons. The molecular weight excluding hydrogens is 274 g/mol. The van der Waals surface area contributed by atoms with Gasteiger partial charge in [0.2, 0.25) is 0 Å². The van der Waals surface area contributed by atoms with Crippen LogP contribution in [0.1, 0.15) is 16.8 Å². The van der Waals surface area contributed by atoms with Gasteiger partial charge in [0.05, 0.1) is 16.4 Å². The summed E-state index contributed by atoms with van der Waals surface area (Å²) in [5, 5.41) is 10.8. The van der Waals surface area contributed by atoms with Crippen LogP contribution in [0.5, 0.6) is 0 Å². The molecule has 1 aromatic rings. The van der Waals surface area contributed by atoms with Gasteiger partial charge in [0.15, 0.2) is 9.84 Å². The van der Waals surface area contributed by atoms with E-state index in [1.807, 2.05) is 0 Å². The molecule has 0 aromatic heterocycles. The van der Waals surface area contributed by atoms with Crippen LogP contribution < -0.4 is 0 Å². The molecule has 1 fully saturated rings. The van der Waals surface area contributed by atoms with Crippen LogP contribution in [0.3, 0.4) is 0 Å². The van der Waals surface area contributed by atoms with Gasteiger partial charge in [-0.1, -0.05) is 12.1 Å². The number of benzene rings is 1. The minimum Gasteiger partial charge on any atom is -0.457 e. The molecule has 0 saturated carbocycles. The summed E-state index contributed by atoms with van der Waals surface area (Å²) in [6.45, 7) is 0. The van der Waals surface area contributed by atoms with Gasteiger partial charge in [0, 0.05) is 6.07 Å². The van der Waals surface area contributed by atoms with E-state index in [1.165, 1.54) is 24.3 Å². The number of hydrogen-bond donors (Lipinski definition) is 0. The fourth-order valence-electron chi connectivity index (χ4n) is 1.87. The van der Waals surface area contributed by atoms with Gasteiger partial charge in [-0.15, -0.1) is 0 Å². The van der Waals surface area contributed by atoms with Gasteiger partial charge in [-0.05, 0) is 12.5 Å². The van der Waals surface area contributed by atoms with Gasteiger partial charge in [0.25, 0.3) is 5.69 Å². The first-order valence-electron chi connectivity index (χ1n) is 5.54. The summed E-state index contributed by atoms with van der Waals surface area (Å²) in [5.74, 6) is -1.12. The van der Waals surface area contributed by atoms with Crippen molar-refractivity contribution in [1.82, 2.24) is 0 Å². The lowest BCUT2D eigenvalue weighted by molar-refractivity contribution is -0.385. The van der Waals surface area contributed by atoms with Gasteiger partial charge in [-0.2, -0.15) is 0 Å². The highest BCUT2D eigenvalue weighted by Gasteiger charge is 2.32. The van der Waals surface area contributed by atoms with Crippen LogP contribution in [0.15, 0.2) is 24.3 Å². The molecule has 1 atom stereocenters. The second-order valence-corrected chi connectivity index (χ2v) is 6.43. The van der Waals surface area contributed by atoms with Crippen LogP contribution in [0.4, 0.5) is 5.69 Å². The van der Waals surface area contributed by atoms with E-state index >= 15 is 0 Å². The predicted octanol–water partition coefficient (Wildman–Crippen LogP) is 0.939. The van der Waals surface area contributed by atoms with Crippen LogP contribution in [0, 0.1) is 10.1 Å². The van der Waals surface area contributed by atoms with Gasteiger partial charge < -0.3 is 4.74 Å². The third-order valence-corrected chi connectivity index (χ3v) is 4.52. The van der Waals surface area contributed by atoms with E-state index in [9.17, 15) is 23.3 Å². The second-order valence-electron chi connectivity index (χ2n) is 4.20. The Morgan fingerprint density at radius 3 is 2.63 bits per heavy atom. The van der Waals surface area contributed by atoms with Gasteiger partial charge in [0.1, 0.15) is 11.7 Å². The number of nitro benzene ring substituents is 1. The monoisotopic (exact) mass is 285 g/mol. The molecule has 19 heavy (non-hydrogen) atoms. The predicted molar refractivity (Wildman–Crippen MR) is 65.6 cm³/mol. The minimum atomic E-state index is -3.16. The molecule has 0 bridgehead atoms. The molecule has 0 aliphatic carbocycles. The normalized spacial score (nSPS) is 20.9. The molecule has 1 saturated heterocycles. The second kappa shape index (κ2) is 4.96. The average Bonchev–Trinajstić information content (AvgIpc) is 2.68. The molecule has 1 heterocycles. The van der Waals surface area contributed by atoms with E-state index < -0.39 is 26.8 Å². The van der Waals surface area contributed by atoms with Crippen molar-refractivity contribution in [2.45, 2.75) is 12.5 Å².